The van der Waals surface area contributed by atoms with Crippen molar-refractivity contribution in [2.24, 2.45) is 5.73 Å². The van der Waals surface area contributed by atoms with Crippen LogP contribution in [0, 0.1) is 19.7 Å². The van der Waals surface area contributed by atoms with Gasteiger partial charge >= 0.3 is 0 Å². The number of benzene rings is 1. The maximum atomic E-state index is 13.0. The molecule has 3 N–H and O–H groups in total. The van der Waals surface area contributed by atoms with E-state index in [1.54, 1.807) is 19.9 Å². The first kappa shape index (κ1) is 15.0. The first-order valence-electron chi connectivity index (χ1n) is 5.92. The topological polar surface area (TPSA) is 72.2 Å². The van der Waals surface area contributed by atoms with Crippen LogP contribution in [-0.2, 0) is 16.6 Å². The zero-order chi connectivity index (χ0) is 14.9. The first-order chi connectivity index (χ1) is 9.33. The SMILES string of the molecule is Cc1cc(F)ccc1NS(=O)(=O)c1cc(CN)sc1C. The van der Waals surface area contributed by atoms with Gasteiger partial charge in [-0.05, 0) is 43.7 Å². The molecule has 108 valence electrons. The Balaban J connectivity index is 2.38. The molecular formula is C13H15FN2O2S2. The van der Waals surface area contributed by atoms with E-state index in [2.05, 4.69) is 4.72 Å². The summed E-state index contributed by atoms with van der Waals surface area (Å²) < 4.78 is 40.2. The van der Waals surface area contributed by atoms with Gasteiger partial charge in [0.05, 0.1) is 5.69 Å². The van der Waals surface area contributed by atoms with E-state index in [1.807, 2.05) is 0 Å². The second kappa shape index (κ2) is 5.51. The quantitative estimate of drug-likeness (QED) is 0.911. The summed E-state index contributed by atoms with van der Waals surface area (Å²) in [6.45, 7) is 3.68. The Bertz CT molecular complexity index is 739. The first-order valence-corrected chi connectivity index (χ1v) is 8.22. The Morgan fingerprint density at radius 3 is 2.55 bits per heavy atom. The van der Waals surface area contributed by atoms with E-state index in [4.69, 9.17) is 5.73 Å². The van der Waals surface area contributed by atoms with E-state index in [1.165, 1.54) is 29.5 Å². The Morgan fingerprint density at radius 1 is 1.30 bits per heavy atom. The summed E-state index contributed by atoms with van der Waals surface area (Å²) in [4.78, 5) is 1.70. The second-order valence-corrected chi connectivity index (χ2v) is 7.39. The fraction of sp³-hybridized carbons (Fsp3) is 0.231. The van der Waals surface area contributed by atoms with Crippen molar-refractivity contribution in [2.75, 3.05) is 4.72 Å². The molecule has 0 aliphatic rings. The lowest BCUT2D eigenvalue weighted by Crippen LogP contribution is -2.14. The van der Waals surface area contributed by atoms with Gasteiger partial charge in [-0.3, -0.25) is 4.72 Å². The van der Waals surface area contributed by atoms with Crippen LogP contribution in [0.5, 0.6) is 0 Å². The van der Waals surface area contributed by atoms with Gasteiger partial charge < -0.3 is 5.73 Å². The lowest BCUT2D eigenvalue weighted by Gasteiger charge is -2.10. The number of halogens is 1. The minimum atomic E-state index is -3.69. The summed E-state index contributed by atoms with van der Waals surface area (Å²) in [5, 5.41) is 0. The van der Waals surface area contributed by atoms with Gasteiger partial charge in [-0.2, -0.15) is 0 Å². The minimum Gasteiger partial charge on any atom is -0.326 e. The maximum absolute atomic E-state index is 13.0. The molecule has 0 bridgehead atoms. The molecule has 0 amide bonds. The van der Waals surface area contributed by atoms with Gasteiger partial charge in [-0.15, -0.1) is 11.3 Å². The van der Waals surface area contributed by atoms with E-state index in [9.17, 15) is 12.8 Å². The van der Waals surface area contributed by atoms with Gasteiger partial charge in [0.2, 0.25) is 0 Å². The Morgan fingerprint density at radius 2 is 2.00 bits per heavy atom. The Labute approximate surface area is 121 Å². The molecule has 4 nitrogen and oxygen atoms in total. The largest absolute Gasteiger partial charge is 0.326 e. The number of nitrogens with one attached hydrogen (secondary N) is 1. The van der Waals surface area contributed by atoms with Gasteiger partial charge in [0, 0.05) is 16.3 Å². The van der Waals surface area contributed by atoms with Crippen LogP contribution in [-0.4, -0.2) is 8.42 Å². The summed E-state index contributed by atoms with van der Waals surface area (Å²) in [6.07, 6.45) is 0. The fourth-order valence-electron chi connectivity index (χ4n) is 1.83. The van der Waals surface area contributed by atoms with Crippen LogP contribution in [0.25, 0.3) is 0 Å². The number of sulfonamides is 1. The monoisotopic (exact) mass is 314 g/mol. The molecule has 1 aromatic carbocycles. The summed E-state index contributed by atoms with van der Waals surface area (Å²) in [6, 6.07) is 5.48. The molecule has 2 rings (SSSR count). The number of rotatable bonds is 4. The van der Waals surface area contributed by atoms with Gasteiger partial charge in [0.1, 0.15) is 10.7 Å². The highest BCUT2D eigenvalue weighted by atomic mass is 32.2. The zero-order valence-corrected chi connectivity index (χ0v) is 12.7. The maximum Gasteiger partial charge on any atom is 0.263 e. The lowest BCUT2D eigenvalue weighted by atomic mass is 10.2. The van der Waals surface area contributed by atoms with Gasteiger partial charge in [-0.25, -0.2) is 12.8 Å². The van der Waals surface area contributed by atoms with Crippen molar-refractivity contribution >= 4 is 27.0 Å². The molecule has 0 aliphatic heterocycles. The molecule has 0 saturated heterocycles. The zero-order valence-electron chi connectivity index (χ0n) is 11.1. The highest BCUT2D eigenvalue weighted by Crippen LogP contribution is 2.28. The molecule has 0 spiro atoms. The summed E-state index contributed by atoms with van der Waals surface area (Å²) in [5.74, 6) is -0.400. The summed E-state index contributed by atoms with van der Waals surface area (Å²) in [7, 11) is -3.69. The van der Waals surface area contributed by atoms with Crippen LogP contribution in [0.2, 0.25) is 0 Å². The van der Waals surface area contributed by atoms with Gasteiger partial charge in [-0.1, -0.05) is 0 Å². The highest BCUT2D eigenvalue weighted by molar-refractivity contribution is 7.93. The number of anilines is 1. The fourth-order valence-corrected chi connectivity index (χ4v) is 4.48. The molecule has 0 saturated carbocycles. The molecule has 0 atom stereocenters. The standard InChI is InChI=1S/C13H15FN2O2S2/c1-8-5-10(14)3-4-12(8)16-20(17,18)13-6-11(7-15)19-9(13)2/h3-6,16H,7,15H2,1-2H3. The van der Waals surface area contributed by atoms with Gasteiger partial charge in [0.15, 0.2) is 0 Å². The number of hydrogen-bond acceptors (Lipinski definition) is 4. The van der Waals surface area contributed by atoms with Crippen molar-refractivity contribution in [1.29, 1.82) is 0 Å². The molecule has 0 radical (unpaired) electrons. The van der Waals surface area contributed by atoms with Crippen LogP contribution in [0.15, 0.2) is 29.2 Å². The molecular weight excluding hydrogens is 299 g/mol. The van der Waals surface area contributed by atoms with Crippen LogP contribution in [0.4, 0.5) is 10.1 Å². The van der Waals surface area contributed by atoms with E-state index in [0.717, 1.165) is 4.88 Å². The summed E-state index contributed by atoms with van der Waals surface area (Å²) >= 11 is 1.35. The van der Waals surface area contributed by atoms with E-state index < -0.39 is 15.8 Å². The third-order valence-electron chi connectivity index (χ3n) is 2.85. The summed E-state index contributed by atoms with van der Waals surface area (Å²) in [5.41, 5.74) is 6.42. The predicted molar refractivity (Wildman–Crippen MR) is 78.9 cm³/mol. The van der Waals surface area contributed by atoms with Crippen LogP contribution in [0.3, 0.4) is 0 Å². The molecule has 0 unspecified atom stereocenters. The molecule has 7 heteroatoms. The molecule has 1 heterocycles. The molecule has 1 aromatic heterocycles. The average Bonchev–Trinajstić information content (AvgIpc) is 2.75. The smallest absolute Gasteiger partial charge is 0.263 e. The van der Waals surface area contributed by atoms with Crippen LogP contribution >= 0.6 is 11.3 Å². The minimum absolute atomic E-state index is 0.215. The molecule has 0 aliphatic carbocycles. The number of hydrogen-bond donors (Lipinski definition) is 2. The molecule has 2 aromatic rings. The van der Waals surface area contributed by atoms with Crippen molar-refractivity contribution in [2.45, 2.75) is 25.3 Å². The third kappa shape index (κ3) is 3.00. The van der Waals surface area contributed by atoms with E-state index >= 15 is 0 Å². The van der Waals surface area contributed by atoms with Crippen molar-refractivity contribution in [1.82, 2.24) is 0 Å². The predicted octanol–water partition coefficient (Wildman–Crippen LogP) is 2.76. The molecule has 0 fully saturated rings. The third-order valence-corrected chi connectivity index (χ3v) is 5.54. The van der Waals surface area contributed by atoms with Gasteiger partial charge in [0.25, 0.3) is 10.0 Å². The van der Waals surface area contributed by atoms with E-state index in [-0.39, 0.29) is 4.90 Å². The van der Waals surface area contributed by atoms with Crippen molar-refractivity contribution < 1.29 is 12.8 Å². The molecule has 20 heavy (non-hydrogen) atoms. The van der Waals surface area contributed by atoms with Crippen LogP contribution < -0.4 is 10.5 Å². The Kier molecular flexibility index (Phi) is 4.12. The highest BCUT2D eigenvalue weighted by Gasteiger charge is 2.20. The van der Waals surface area contributed by atoms with Crippen molar-refractivity contribution in [3.8, 4) is 0 Å². The average molecular weight is 314 g/mol. The Hall–Kier alpha value is -1.44. The second-order valence-electron chi connectivity index (χ2n) is 4.40. The van der Waals surface area contributed by atoms with Crippen molar-refractivity contribution in [3.05, 3.63) is 45.4 Å². The van der Waals surface area contributed by atoms with Crippen LogP contribution in [0.1, 0.15) is 15.3 Å². The number of aryl methyl sites for hydroxylation is 2. The number of thiophene rings is 1. The normalized spacial score (nSPS) is 11.6. The van der Waals surface area contributed by atoms with E-state index in [0.29, 0.717) is 22.7 Å². The van der Waals surface area contributed by atoms with Crippen molar-refractivity contribution in [3.63, 3.8) is 0 Å². The number of nitrogens with two attached hydrogens (primary N) is 1. The lowest BCUT2D eigenvalue weighted by molar-refractivity contribution is 0.600.